The van der Waals surface area contributed by atoms with Crippen molar-refractivity contribution < 1.29 is 4.74 Å². The Bertz CT molecular complexity index is 444. The summed E-state index contributed by atoms with van der Waals surface area (Å²) >= 11 is 1.82. The van der Waals surface area contributed by atoms with E-state index in [1.54, 1.807) is 7.11 Å². The van der Waals surface area contributed by atoms with E-state index in [0.717, 1.165) is 17.6 Å². The summed E-state index contributed by atoms with van der Waals surface area (Å²) in [6, 6.07) is 0.737. The molecular weight excluding hydrogens is 268 g/mol. The molecule has 1 heterocycles. The zero-order chi connectivity index (χ0) is 14.9. The molecule has 1 aliphatic carbocycles. The third-order valence-corrected chi connectivity index (χ3v) is 4.78. The van der Waals surface area contributed by atoms with Gasteiger partial charge in [0.15, 0.2) is 0 Å². The summed E-state index contributed by atoms with van der Waals surface area (Å²) in [5.41, 5.74) is 1.31. The normalized spacial score (nSPS) is 17.8. The van der Waals surface area contributed by atoms with Crippen LogP contribution in [0.15, 0.2) is 0 Å². The summed E-state index contributed by atoms with van der Waals surface area (Å²) in [6.45, 7) is 12.0. The molecule has 1 atom stereocenters. The molecule has 1 saturated carbocycles. The van der Waals surface area contributed by atoms with Crippen LogP contribution in [0.25, 0.3) is 0 Å². The van der Waals surface area contributed by atoms with Crippen LogP contribution in [-0.2, 0) is 11.3 Å². The molecule has 0 aromatic carbocycles. The highest BCUT2D eigenvalue weighted by atomic mass is 32.1. The molecule has 0 radical (unpaired) electrons. The van der Waals surface area contributed by atoms with Gasteiger partial charge in [0, 0.05) is 24.6 Å². The predicted octanol–water partition coefficient (Wildman–Crippen LogP) is 4.25. The maximum absolute atomic E-state index is 5.71. The zero-order valence-electron chi connectivity index (χ0n) is 13.6. The van der Waals surface area contributed by atoms with E-state index < -0.39 is 0 Å². The zero-order valence-corrected chi connectivity index (χ0v) is 14.4. The van der Waals surface area contributed by atoms with Gasteiger partial charge in [0.25, 0.3) is 0 Å². The average molecular weight is 296 g/mol. The molecule has 1 fully saturated rings. The maximum Gasteiger partial charge on any atom is 0.123 e. The van der Waals surface area contributed by atoms with Crippen LogP contribution < -0.4 is 5.32 Å². The summed E-state index contributed by atoms with van der Waals surface area (Å²) in [6.07, 6.45) is 2.72. The van der Waals surface area contributed by atoms with Gasteiger partial charge in [0.05, 0.1) is 5.69 Å². The van der Waals surface area contributed by atoms with E-state index in [4.69, 9.17) is 9.72 Å². The summed E-state index contributed by atoms with van der Waals surface area (Å²) in [7, 11) is 1.79. The van der Waals surface area contributed by atoms with Crippen molar-refractivity contribution in [2.24, 2.45) is 5.41 Å². The van der Waals surface area contributed by atoms with Gasteiger partial charge in [0.2, 0.25) is 0 Å². The lowest BCUT2D eigenvalue weighted by atomic mass is 9.89. The lowest BCUT2D eigenvalue weighted by molar-refractivity contribution is 0.0149. The fraction of sp³-hybridized carbons (Fsp3) is 0.812. The third kappa shape index (κ3) is 3.80. The van der Waals surface area contributed by atoms with Crippen molar-refractivity contribution in [1.82, 2.24) is 10.3 Å². The number of nitrogens with zero attached hydrogens (tertiary/aromatic N) is 1. The number of rotatable bonds is 6. The van der Waals surface area contributed by atoms with Crippen LogP contribution in [0.5, 0.6) is 0 Å². The molecule has 3 nitrogen and oxygen atoms in total. The van der Waals surface area contributed by atoms with Gasteiger partial charge < -0.3 is 10.1 Å². The van der Waals surface area contributed by atoms with E-state index in [9.17, 15) is 0 Å². The second-order valence-corrected chi connectivity index (χ2v) is 8.27. The standard InChI is InChI=1S/C16H28N2OS/c1-10(2)13-12(9-17-11-7-8-11)20-15(18-13)14(19-6)16(3,4)5/h10-11,14,17H,7-9H2,1-6H3. The monoisotopic (exact) mass is 296 g/mol. The van der Waals surface area contributed by atoms with Gasteiger partial charge >= 0.3 is 0 Å². The van der Waals surface area contributed by atoms with Gasteiger partial charge in [-0.05, 0) is 24.2 Å². The maximum atomic E-state index is 5.71. The predicted molar refractivity (Wildman–Crippen MR) is 85.3 cm³/mol. The lowest BCUT2D eigenvalue weighted by Crippen LogP contribution is -2.20. The average Bonchev–Trinajstić information content (AvgIpc) is 3.06. The molecule has 0 spiro atoms. The van der Waals surface area contributed by atoms with Crippen molar-refractivity contribution in [2.75, 3.05) is 7.11 Å². The first kappa shape index (κ1) is 15.9. The number of hydrogen-bond donors (Lipinski definition) is 1. The summed E-state index contributed by atoms with van der Waals surface area (Å²) in [5.74, 6) is 0.466. The van der Waals surface area contributed by atoms with Crippen molar-refractivity contribution in [3.05, 3.63) is 15.6 Å². The fourth-order valence-electron chi connectivity index (χ4n) is 2.42. The van der Waals surface area contributed by atoms with Gasteiger partial charge in [-0.25, -0.2) is 4.98 Å². The van der Waals surface area contributed by atoms with Crippen LogP contribution in [0.2, 0.25) is 0 Å². The number of nitrogens with one attached hydrogen (secondary N) is 1. The highest BCUT2D eigenvalue weighted by Crippen LogP contribution is 2.39. The number of ether oxygens (including phenoxy) is 1. The number of thiazole rings is 1. The largest absolute Gasteiger partial charge is 0.374 e. The molecule has 0 aliphatic heterocycles. The molecule has 1 aromatic heterocycles. The molecule has 1 N–H and O–H groups in total. The highest BCUT2D eigenvalue weighted by Gasteiger charge is 2.31. The molecule has 20 heavy (non-hydrogen) atoms. The van der Waals surface area contributed by atoms with Crippen molar-refractivity contribution >= 4 is 11.3 Å². The summed E-state index contributed by atoms with van der Waals surface area (Å²) in [5, 5.41) is 4.73. The van der Waals surface area contributed by atoms with E-state index in [0.29, 0.717) is 5.92 Å². The molecule has 4 heteroatoms. The van der Waals surface area contributed by atoms with Gasteiger partial charge in [-0.3, -0.25) is 0 Å². The van der Waals surface area contributed by atoms with Crippen LogP contribution >= 0.6 is 11.3 Å². The minimum Gasteiger partial charge on any atom is -0.374 e. The smallest absolute Gasteiger partial charge is 0.123 e. The Morgan fingerprint density at radius 3 is 2.45 bits per heavy atom. The van der Waals surface area contributed by atoms with Crippen LogP contribution in [0, 0.1) is 5.41 Å². The first-order chi connectivity index (χ1) is 9.32. The Kier molecular flexibility index (Phi) is 4.88. The first-order valence-corrected chi connectivity index (χ1v) is 8.40. The molecule has 0 saturated heterocycles. The molecule has 114 valence electrons. The SMILES string of the molecule is COC(c1nc(C(C)C)c(CNC2CC2)s1)C(C)(C)C. The Labute approximate surface area is 127 Å². The van der Waals surface area contributed by atoms with E-state index in [1.165, 1.54) is 23.4 Å². The first-order valence-electron chi connectivity index (χ1n) is 7.58. The molecule has 1 aliphatic rings. The van der Waals surface area contributed by atoms with Crippen LogP contribution in [0.4, 0.5) is 0 Å². The van der Waals surface area contributed by atoms with Gasteiger partial charge in [-0.1, -0.05) is 34.6 Å². The van der Waals surface area contributed by atoms with E-state index >= 15 is 0 Å². The van der Waals surface area contributed by atoms with Crippen LogP contribution in [0.3, 0.4) is 0 Å². The molecular formula is C16H28N2OS. The van der Waals surface area contributed by atoms with E-state index in [2.05, 4.69) is 39.9 Å². The summed E-state index contributed by atoms with van der Waals surface area (Å²) < 4.78 is 5.71. The Balaban J connectivity index is 2.22. The van der Waals surface area contributed by atoms with E-state index in [1.807, 2.05) is 11.3 Å². The van der Waals surface area contributed by atoms with Crippen LogP contribution in [0.1, 0.15) is 75.1 Å². The van der Waals surface area contributed by atoms with Gasteiger partial charge in [0.1, 0.15) is 11.1 Å². The van der Waals surface area contributed by atoms with Crippen molar-refractivity contribution in [3.8, 4) is 0 Å². The van der Waals surface area contributed by atoms with Gasteiger partial charge in [-0.2, -0.15) is 0 Å². The van der Waals surface area contributed by atoms with Crippen molar-refractivity contribution in [1.29, 1.82) is 0 Å². The Morgan fingerprint density at radius 1 is 1.35 bits per heavy atom. The minimum atomic E-state index is 0.0691. The molecule has 1 unspecified atom stereocenters. The van der Waals surface area contributed by atoms with Crippen molar-refractivity contribution in [2.45, 2.75) is 72.1 Å². The van der Waals surface area contributed by atoms with Crippen molar-refractivity contribution in [3.63, 3.8) is 0 Å². The quantitative estimate of drug-likeness (QED) is 0.852. The number of methoxy groups -OCH3 is 1. The number of aromatic nitrogens is 1. The van der Waals surface area contributed by atoms with Crippen LogP contribution in [-0.4, -0.2) is 18.1 Å². The third-order valence-electron chi connectivity index (χ3n) is 3.67. The fourth-order valence-corrected chi connectivity index (χ4v) is 3.92. The second kappa shape index (κ2) is 6.12. The Morgan fingerprint density at radius 2 is 2.00 bits per heavy atom. The molecule has 0 amide bonds. The topological polar surface area (TPSA) is 34.1 Å². The number of hydrogen-bond acceptors (Lipinski definition) is 4. The summed E-state index contributed by atoms with van der Waals surface area (Å²) in [4.78, 5) is 6.28. The molecule has 1 aromatic rings. The van der Waals surface area contributed by atoms with E-state index in [-0.39, 0.29) is 11.5 Å². The highest BCUT2D eigenvalue weighted by molar-refractivity contribution is 7.11. The van der Waals surface area contributed by atoms with Gasteiger partial charge in [-0.15, -0.1) is 11.3 Å². The Hall–Kier alpha value is -0.450. The minimum absolute atomic E-state index is 0.0691. The molecule has 0 bridgehead atoms. The second-order valence-electron chi connectivity index (χ2n) is 7.15. The lowest BCUT2D eigenvalue weighted by Gasteiger charge is -2.27. The molecule has 2 rings (SSSR count).